The SMILES string of the molecule is CCCOc1c(Cl)cc(C(=O)N[C@H]2CC[C@@H](C(=O)O)C2)cc1OC. The molecule has 1 amide bonds. The first kappa shape index (κ1) is 18.4. The van der Waals surface area contributed by atoms with Crippen LogP contribution in [0.1, 0.15) is 43.0 Å². The van der Waals surface area contributed by atoms with Gasteiger partial charge < -0.3 is 19.9 Å². The third-order valence-corrected chi connectivity index (χ3v) is 4.34. The van der Waals surface area contributed by atoms with Crippen LogP contribution in [0.25, 0.3) is 0 Å². The molecule has 24 heavy (non-hydrogen) atoms. The largest absolute Gasteiger partial charge is 0.493 e. The van der Waals surface area contributed by atoms with E-state index in [1.165, 1.54) is 13.2 Å². The van der Waals surface area contributed by atoms with Crippen molar-refractivity contribution in [2.75, 3.05) is 13.7 Å². The summed E-state index contributed by atoms with van der Waals surface area (Å²) in [7, 11) is 1.49. The third-order valence-electron chi connectivity index (χ3n) is 4.06. The van der Waals surface area contributed by atoms with Crippen molar-refractivity contribution in [2.24, 2.45) is 5.92 Å². The Labute approximate surface area is 146 Å². The maximum atomic E-state index is 12.4. The lowest BCUT2D eigenvalue weighted by molar-refractivity contribution is -0.141. The van der Waals surface area contributed by atoms with Gasteiger partial charge in [0, 0.05) is 11.6 Å². The number of aliphatic carboxylic acids is 1. The summed E-state index contributed by atoms with van der Waals surface area (Å²) < 4.78 is 10.8. The Balaban J connectivity index is 2.09. The second-order valence-corrected chi connectivity index (χ2v) is 6.26. The minimum atomic E-state index is -0.811. The number of halogens is 1. The van der Waals surface area contributed by atoms with E-state index >= 15 is 0 Å². The van der Waals surface area contributed by atoms with Crippen LogP contribution >= 0.6 is 11.6 Å². The molecule has 1 aromatic carbocycles. The van der Waals surface area contributed by atoms with E-state index in [4.69, 9.17) is 26.2 Å². The zero-order chi connectivity index (χ0) is 17.7. The van der Waals surface area contributed by atoms with E-state index in [0.717, 1.165) is 6.42 Å². The van der Waals surface area contributed by atoms with Gasteiger partial charge in [0.2, 0.25) is 0 Å². The van der Waals surface area contributed by atoms with Gasteiger partial charge >= 0.3 is 5.97 Å². The van der Waals surface area contributed by atoms with E-state index in [9.17, 15) is 9.59 Å². The maximum Gasteiger partial charge on any atom is 0.306 e. The molecular formula is C17H22ClNO5. The first-order valence-corrected chi connectivity index (χ1v) is 8.38. The number of ether oxygens (including phenoxy) is 2. The molecule has 0 bridgehead atoms. The molecule has 2 N–H and O–H groups in total. The number of rotatable bonds is 7. The van der Waals surface area contributed by atoms with Crippen LogP contribution in [-0.4, -0.2) is 36.7 Å². The smallest absolute Gasteiger partial charge is 0.306 e. The quantitative estimate of drug-likeness (QED) is 0.785. The number of hydrogen-bond donors (Lipinski definition) is 2. The molecule has 0 aromatic heterocycles. The number of amides is 1. The number of hydrogen-bond acceptors (Lipinski definition) is 4. The fourth-order valence-electron chi connectivity index (χ4n) is 2.80. The molecule has 7 heteroatoms. The summed E-state index contributed by atoms with van der Waals surface area (Å²) in [6, 6.07) is 2.98. The molecule has 2 atom stereocenters. The van der Waals surface area contributed by atoms with Gasteiger partial charge in [-0.15, -0.1) is 0 Å². The van der Waals surface area contributed by atoms with Gasteiger partial charge in [0.15, 0.2) is 11.5 Å². The van der Waals surface area contributed by atoms with Crippen LogP contribution in [0.2, 0.25) is 5.02 Å². The van der Waals surface area contributed by atoms with Gasteiger partial charge in [0.05, 0.1) is 24.7 Å². The van der Waals surface area contributed by atoms with Crippen LogP contribution in [0.4, 0.5) is 0 Å². The van der Waals surface area contributed by atoms with Crippen molar-refractivity contribution < 1.29 is 24.2 Å². The van der Waals surface area contributed by atoms with Crippen molar-refractivity contribution in [2.45, 2.75) is 38.6 Å². The van der Waals surface area contributed by atoms with Crippen molar-refractivity contribution in [3.8, 4) is 11.5 Å². The van der Waals surface area contributed by atoms with E-state index in [2.05, 4.69) is 5.32 Å². The molecule has 0 aliphatic heterocycles. The zero-order valence-corrected chi connectivity index (χ0v) is 14.6. The van der Waals surface area contributed by atoms with Crippen LogP contribution in [0, 0.1) is 5.92 Å². The highest BCUT2D eigenvalue weighted by Crippen LogP contribution is 2.36. The van der Waals surface area contributed by atoms with Crippen LogP contribution in [0.3, 0.4) is 0 Å². The van der Waals surface area contributed by atoms with Crippen LogP contribution < -0.4 is 14.8 Å². The van der Waals surface area contributed by atoms with Gasteiger partial charge in [0.25, 0.3) is 5.91 Å². The number of carboxylic acids is 1. The van der Waals surface area contributed by atoms with E-state index in [-0.39, 0.29) is 11.9 Å². The van der Waals surface area contributed by atoms with Crippen molar-refractivity contribution in [3.63, 3.8) is 0 Å². The van der Waals surface area contributed by atoms with Gasteiger partial charge in [-0.3, -0.25) is 9.59 Å². The van der Waals surface area contributed by atoms with Crippen molar-refractivity contribution in [3.05, 3.63) is 22.7 Å². The number of methoxy groups -OCH3 is 1. The lowest BCUT2D eigenvalue weighted by Gasteiger charge is -2.16. The molecule has 1 aliphatic carbocycles. The molecule has 1 aliphatic rings. The van der Waals surface area contributed by atoms with E-state index in [1.807, 2.05) is 6.92 Å². The molecule has 0 saturated heterocycles. The summed E-state index contributed by atoms with van der Waals surface area (Å²) >= 11 is 6.21. The molecule has 0 heterocycles. The summed E-state index contributed by atoms with van der Waals surface area (Å²) in [5.41, 5.74) is 0.361. The normalized spacial score (nSPS) is 19.8. The topological polar surface area (TPSA) is 84.9 Å². The average molecular weight is 356 g/mol. The molecule has 0 unspecified atom stereocenters. The first-order valence-electron chi connectivity index (χ1n) is 8.00. The van der Waals surface area contributed by atoms with E-state index < -0.39 is 11.9 Å². The van der Waals surface area contributed by atoms with Gasteiger partial charge in [-0.2, -0.15) is 0 Å². The lowest BCUT2D eigenvalue weighted by Crippen LogP contribution is -2.33. The van der Waals surface area contributed by atoms with Crippen molar-refractivity contribution >= 4 is 23.5 Å². The molecule has 1 aromatic rings. The highest BCUT2D eigenvalue weighted by atomic mass is 35.5. The van der Waals surface area contributed by atoms with Crippen molar-refractivity contribution in [1.29, 1.82) is 0 Å². The monoisotopic (exact) mass is 355 g/mol. The lowest BCUT2D eigenvalue weighted by atomic mass is 10.1. The predicted octanol–water partition coefficient (Wildman–Crippen LogP) is 3.12. The standard InChI is InChI=1S/C17H22ClNO5/c1-3-6-24-15-13(18)8-11(9-14(15)23-2)16(20)19-12-5-4-10(7-12)17(21)22/h8-10,12H,3-7H2,1-2H3,(H,19,20)(H,21,22)/t10-,12+/m1/s1. The molecule has 0 spiro atoms. The van der Waals surface area contributed by atoms with Gasteiger partial charge in [0.1, 0.15) is 0 Å². The fraction of sp³-hybridized carbons (Fsp3) is 0.529. The Morgan fingerprint density at radius 3 is 2.71 bits per heavy atom. The number of carbonyl (C=O) groups is 2. The second kappa shape index (κ2) is 8.24. The summed E-state index contributed by atoms with van der Waals surface area (Å²) in [5, 5.41) is 12.2. The van der Waals surface area contributed by atoms with E-state index in [0.29, 0.717) is 48.0 Å². The Kier molecular flexibility index (Phi) is 6.31. The molecular weight excluding hydrogens is 334 g/mol. The predicted molar refractivity (Wildman–Crippen MR) is 90.0 cm³/mol. The fourth-order valence-corrected chi connectivity index (χ4v) is 3.07. The average Bonchev–Trinajstić information content (AvgIpc) is 3.01. The van der Waals surface area contributed by atoms with Gasteiger partial charge in [-0.25, -0.2) is 0 Å². The van der Waals surface area contributed by atoms with E-state index in [1.54, 1.807) is 6.07 Å². The molecule has 6 nitrogen and oxygen atoms in total. The minimum absolute atomic E-state index is 0.139. The summed E-state index contributed by atoms with van der Waals surface area (Å²) in [4.78, 5) is 23.4. The Morgan fingerprint density at radius 2 is 2.12 bits per heavy atom. The molecule has 0 radical (unpaired) electrons. The Hall–Kier alpha value is -1.95. The minimum Gasteiger partial charge on any atom is -0.493 e. The molecule has 1 saturated carbocycles. The highest BCUT2D eigenvalue weighted by Gasteiger charge is 2.31. The molecule has 132 valence electrons. The van der Waals surface area contributed by atoms with Crippen LogP contribution in [0.15, 0.2) is 12.1 Å². The van der Waals surface area contributed by atoms with Crippen LogP contribution in [0.5, 0.6) is 11.5 Å². The Morgan fingerprint density at radius 1 is 1.38 bits per heavy atom. The number of benzene rings is 1. The van der Waals surface area contributed by atoms with Gasteiger partial charge in [-0.1, -0.05) is 18.5 Å². The molecule has 2 rings (SSSR count). The summed E-state index contributed by atoms with van der Waals surface area (Å²) in [6.45, 7) is 2.48. The summed E-state index contributed by atoms with van der Waals surface area (Å²) in [6.07, 6.45) is 2.51. The maximum absolute atomic E-state index is 12.4. The zero-order valence-electron chi connectivity index (χ0n) is 13.8. The van der Waals surface area contributed by atoms with Gasteiger partial charge in [-0.05, 0) is 37.8 Å². The number of nitrogens with one attached hydrogen (secondary N) is 1. The third kappa shape index (κ3) is 4.32. The Bertz CT molecular complexity index is 619. The highest BCUT2D eigenvalue weighted by molar-refractivity contribution is 6.32. The van der Waals surface area contributed by atoms with Crippen molar-refractivity contribution in [1.82, 2.24) is 5.32 Å². The van der Waals surface area contributed by atoms with Crippen LogP contribution in [-0.2, 0) is 4.79 Å². The number of carboxylic acid groups (broad SMARTS) is 1. The first-order chi connectivity index (χ1) is 11.5. The molecule has 1 fully saturated rings. The second-order valence-electron chi connectivity index (χ2n) is 5.86. The number of carbonyl (C=O) groups excluding carboxylic acids is 1. The summed E-state index contributed by atoms with van der Waals surface area (Å²) in [5.74, 6) is -0.680.